The van der Waals surface area contributed by atoms with Crippen LogP contribution in [-0.2, 0) is 10.5 Å². The summed E-state index contributed by atoms with van der Waals surface area (Å²) in [6.07, 6.45) is 4.55. The Kier molecular flexibility index (Phi) is 4.53. The molecule has 0 radical (unpaired) electrons. The number of nitrogens with one attached hydrogen (secondary N) is 1. The van der Waals surface area contributed by atoms with E-state index < -0.39 is 11.4 Å². The molecule has 1 saturated heterocycles. The third-order valence-electron chi connectivity index (χ3n) is 5.14. The summed E-state index contributed by atoms with van der Waals surface area (Å²) in [5.41, 5.74) is 1.17. The van der Waals surface area contributed by atoms with E-state index in [1.54, 1.807) is 16.7 Å². The summed E-state index contributed by atoms with van der Waals surface area (Å²) in [5.74, 6) is 0.170. The van der Waals surface area contributed by atoms with Crippen molar-refractivity contribution < 1.29 is 14.7 Å². The van der Waals surface area contributed by atoms with Gasteiger partial charge in [0.25, 0.3) is 0 Å². The molecule has 2 fully saturated rings. The van der Waals surface area contributed by atoms with E-state index in [1.165, 1.54) is 0 Å². The number of aliphatic carboxylic acids is 1. The summed E-state index contributed by atoms with van der Waals surface area (Å²) in [5, 5.41) is 12.6. The Balaban J connectivity index is 1.72. The zero-order valence-corrected chi connectivity index (χ0v) is 14.1. The topological polar surface area (TPSA) is 69.6 Å². The number of likely N-dealkylation sites (tertiary alicyclic amines) is 1. The molecule has 0 aromatic heterocycles. The average Bonchev–Trinajstić information content (AvgIpc) is 3.07. The van der Waals surface area contributed by atoms with Crippen molar-refractivity contribution in [1.29, 1.82) is 0 Å². The van der Waals surface area contributed by atoms with E-state index in [-0.39, 0.29) is 11.9 Å². The van der Waals surface area contributed by atoms with E-state index in [4.69, 9.17) is 0 Å². The first kappa shape index (κ1) is 16.2. The lowest BCUT2D eigenvalue weighted by molar-refractivity contribution is -0.149. The predicted octanol–water partition coefficient (Wildman–Crippen LogP) is 3.27. The number of hydrogen-bond donors (Lipinski definition) is 2. The molecule has 1 saturated carbocycles. The highest BCUT2D eigenvalue weighted by atomic mass is 32.2. The molecule has 1 aromatic rings. The van der Waals surface area contributed by atoms with Crippen LogP contribution in [0.1, 0.15) is 24.8 Å². The zero-order valence-electron chi connectivity index (χ0n) is 13.2. The second-order valence-corrected chi connectivity index (χ2v) is 7.32. The minimum atomic E-state index is -0.752. The molecule has 124 valence electrons. The van der Waals surface area contributed by atoms with Gasteiger partial charge in [-0.1, -0.05) is 24.6 Å². The molecule has 0 unspecified atom stereocenters. The van der Waals surface area contributed by atoms with Crippen molar-refractivity contribution in [1.82, 2.24) is 4.90 Å². The number of carboxylic acid groups (broad SMARTS) is 1. The smallest absolute Gasteiger partial charge is 0.321 e. The lowest BCUT2D eigenvalue weighted by Crippen LogP contribution is -2.38. The van der Waals surface area contributed by atoms with Crippen molar-refractivity contribution in [3.63, 3.8) is 0 Å². The van der Waals surface area contributed by atoms with Gasteiger partial charge in [0.1, 0.15) is 0 Å². The van der Waals surface area contributed by atoms with Crippen LogP contribution in [0.5, 0.6) is 0 Å². The maximum atomic E-state index is 12.6. The van der Waals surface area contributed by atoms with E-state index in [1.807, 2.05) is 30.5 Å². The molecule has 1 aliphatic carbocycles. The number of carbonyl (C=O) groups is 2. The van der Waals surface area contributed by atoms with Crippen molar-refractivity contribution in [2.24, 2.45) is 11.3 Å². The van der Waals surface area contributed by atoms with Crippen molar-refractivity contribution in [2.75, 3.05) is 24.7 Å². The summed E-state index contributed by atoms with van der Waals surface area (Å²) in [6.45, 7) is 0.867. The predicted molar refractivity (Wildman–Crippen MR) is 91.7 cm³/mol. The van der Waals surface area contributed by atoms with Crippen LogP contribution >= 0.6 is 11.8 Å². The molecular formula is C17H22N2O3S. The third-order valence-corrected chi connectivity index (χ3v) is 5.74. The highest BCUT2D eigenvalue weighted by molar-refractivity contribution is 7.97. The van der Waals surface area contributed by atoms with Crippen molar-refractivity contribution in [3.05, 3.63) is 29.8 Å². The van der Waals surface area contributed by atoms with Crippen LogP contribution < -0.4 is 5.32 Å². The molecule has 1 aliphatic heterocycles. The summed E-state index contributed by atoms with van der Waals surface area (Å²) in [6, 6.07) is 7.57. The standard InChI is InChI=1S/C17H22N2O3S/c1-23-10-12-5-2-3-7-14(12)18-16(22)19-9-13-6-4-8-17(13,11-19)15(20)21/h2-3,5,7,13H,4,6,8-11H2,1H3,(H,18,22)(H,20,21)/t13-,17+/m0/s1. The molecule has 2 atom stereocenters. The number of para-hydroxylation sites is 1. The number of rotatable bonds is 4. The summed E-state index contributed by atoms with van der Waals surface area (Å²) in [4.78, 5) is 26.0. The summed E-state index contributed by atoms with van der Waals surface area (Å²) in [7, 11) is 0. The number of carboxylic acids is 1. The molecule has 2 aliphatic rings. The SMILES string of the molecule is CSCc1ccccc1NC(=O)N1C[C@@H]2CCC[C@@]2(C(=O)O)C1. The summed E-state index contributed by atoms with van der Waals surface area (Å²) < 4.78 is 0. The molecular weight excluding hydrogens is 312 g/mol. The van der Waals surface area contributed by atoms with Gasteiger partial charge >= 0.3 is 12.0 Å². The Morgan fingerprint density at radius 2 is 2.22 bits per heavy atom. The zero-order chi connectivity index (χ0) is 16.4. The van der Waals surface area contributed by atoms with E-state index in [2.05, 4.69) is 5.32 Å². The van der Waals surface area contributed by atoms with Gasteiger partial charge in [0.15, 0.2) is 0 Å². The molecule has 2 N–H and O–H groups in total. The summed E-state index contributed by atoms with van der Waals surface area (Å²) >= 11 is 1.70. The van der Waals surface area contributed by atoms with Gasteiger partial charge in [-0.3, -0.25) is 4.79 Å². The Morgan fingerprint density at radius 1 is 1.43 bits per heavy atom. The molecule has 0 spiro atoms. The molecule has 6 heteroatoms. The van der Waals surface area contributed by atoms with E-state index in [9.17, 15) is 14.7 Å². The van der Waals surface area contributed by atoms with Gasteiger partial charge in [-0.25, -0.2) is 4.79 Å². The van der Waals surface area contributed by atoms with E-state index in [0.29, 0.717) is 19.5 Å². The number of carbonyl (C=O) groups excluding carboxylic acids is 1. The lowest BCUT2D eigenvalue weighted by Gasteiger charge is -2.23. The maximum absolute atomic E-state index is 12.6. The van der Waals surface area contributed by atoms with Crippen LogP contribution in [0, 0.1) is 11.3 Å². The van der Waals surface area contributed by atoms with Gasteiger partial charge in [-0.15, -0.1) is 0 Å². The Hall–Kier alpha value is -1.69. The fourth-order valence-electron chi connectivity index (χ4n) is 3.91. The van der Waals surface area contributed by atoms with Gasteiger partial charge in [0, 0.05) is 24.5 Å². The fourth-order valence-corrected chi connectivity index (χ4v) is 4.47. The fraction of sp³-hybridized carbons (Fsp3) is 0.529. The third kappa shape index (κ3) is 2.92. The first-order valence-electron chi connectivity index (χ1n) is 7.93. The molecule has 3 rings (SSSR count). The van der Waals surface area contributed by atoms with Gasteiger partial charge in [0.2, 0.25) is 0 Å². The number of hydrogen-bond acceptors (Lipinski definition) is 3. The molecule has 1 heterocycles. The molecule has 0 bridgehead atoms. The lowest BCUT2D eigenvalue weighted by atomic mass is 9.81. The average molecular weight is 334 g/mol. The highest BCUT2D eigenvalue weighted by Gasteiger charge is 2.55. The number of urea groups is 1. The van der Waals surface area contributed by atoms with Gasteiger partial charge in [-0.05, 0) is 36.6 Å². The highest BCUT2D eigenvalue weighted by Crippen LogP contribution is 2.48. The van der Waals surface area contributed by atoms with Crippen molar-refractivity contribution in [3.8, 4) is 0 Å². The number of nitrogens with zero attached hydrogens (tertiary/aromatic N) is 1. The van der Waals surface area contributed by atoms with Crippen LogP contribution in [0.4, 0.5) is 10.5 Å². The van der Waals surface area contributed by atoms with Gasteiger partial charge < -0.3 is 15.3 Å². The first-order chi connectivity index (χ1) is 11.1. The number of amides is 2. The minimum Gasteiger partial charge on any atom is -0.481 e. The normalized spacial score (nSPS) is 26.1. The maximum Gasteiger partial charge on any atom is 0.321 e. The second kappa shape index (κ2) is 6.43. The quantitative estimate of drug-likeness (QED) is 0.887. The Bertz CT molecular complexity index is 622. The largest absolute Gasteiger partial charge is 0.481 e. The number of benzene rings is 1. The van der Waals surface area contributed by atoms with Crippen molar-refractivity contribution in [2.45, 2.75) is 25.0 Å². The van der Waals surface area contributed by atoms with Gasteiger partial charge in [0.05, 0.1) is 5.41 Å². The van der Waals surface area contributed by atoms with Crippen molar-refractivity contribution >= 4 is 29.4 Å². The molecule has 5 nitrogen and oxygen atoms in total. The molecule has 1 aromatic carbocycles. The van der Waals surface area contributed by atoms with Crippen LogP contribution in [-0.4, -0.2) is 41.4 Å². The Labute approximate surface area is 140 Å². The van der Waals surface area contributed by atoms with Crippen LogP contribution in [0.3, 0.4) is 0 Å². The second-order valence-electron chi connectivity index (χ2n) is 6.45. The molecule has 2 amide bonds. The van der Waals surface area contributed by atoms with Gasteiger partial charge in [-0.2, -0.15) is 11.8 Å². The van der Waals surface area contributed by atoms with Crippen LogP contribution in [0.2, 0.25) is 0 Å². The monoisotopic (exact) mass is 334 g/mol. The van der Waals surface area contributed by atoms with E-state index >= 15 is 0 Å². The Morgan fingerprint density at radius 3 is 2.91 bits per heavy atom. The van der Waals surface area contributed by atoms with E-state index in [0.717, 1.165) is 29.8 Å². The first-order valence-corrected chi connectivity index (χ1v) is 9.32. The number of fused-ring (bicyclic) bond motifs is 1. The number of anilines is 1. The number of thioether (sulfide) groups is 1. The molecule has 23 heavy (non-hydrogen) atoms. The van der Waals surface area contributed by atoms with Crippen LogP contribution in [0.15, 0.2) is 24.3 Å². The van der Waals surface area contributed by atoms with Crippen LogP contribution in [0.25, 0.3) is 0 Å². The minimum absolute atomic E-state index is 0.0900.